The first-order chi connectivity index (χ1) is 11.8. The molecule has 0 spiro atoms. The van der Waals surface area contributed by atoms with Crippen LogP contribution in [0.5, 0.6) is 0 Å². The number of fused-ring (bicyclic) bond motifs is 1. The second kappa shape index (κ2) is 7.25. The van der Waals surface area contributed by atoms with Crippen LogP contribution in [0.3, 0.4) is 0 Å². The monoisotopic (exact) mass is 375 g/mol. The number of rotatable bonds is 4. The Hall–Kier alpha value is -1.73. The summed E-state index contributed by atoms with van der Waals surface area (Å²) < 4.78 is 0. The number of aryl methyl sites for hydroxylation is 3. The van der Waals surface area contributed by atoms with E-state index in [0.717, 1.165) is 33.8 Å². The van der Waals surface area contributed by atoms with E-state index in [2.05, 4.69) is 27.4 Å². The molecular weight excluding hydrogens is 354 g/mol. The first-order valence-corrected chi connectivity index (χ1v) is 10.1. The van der Waals surface area contributed by atoms with Crippen molar-refractivity contribution < 1.29 is 4.79 Å². The Balaban J connectivity index is 1.74. The van der Waals surface area contributed by atoms with Crippen molar-refractivity contribution in [1.29, 1.82) is 0 Å². The van der Waals surface area contributed by atoms with Gasteiger partial charge in [0.05, 0.1) is 10.9 Å². The summed E-state index contributed by atoms with van der Waals surface area (Å²) in [4.78, 5) is 31.9. The van der Waals surface area contributed by atoms with Gasteiger partial charge in [-0.05, 0) is 38.8 Å². The van der Waals surface area contributed by atoms with Crippen LogP contribution in [0, 0.1) is 20.8 Å². The normalized spacial score (nSPS) is 14.2. The number of hydrogen-bond donors (Lipinski definition) is 2. The highest BCUT2D eigenvalue weighted by Gasteiger charge is 2.21. The van der Waals surface area contributed by atoms with E-state index in [4.69, 9.17) is 0 Å². The van der Waals surface area contributed by atoms with Gasteiger partial charge in [-0.25, -0.2) is 4.98 Å². The van der Waals surface area contributed by atoms with Gasteiger partial charge in [-0.15, -0.1) is 0 Å². The minimum absolute atomic E-state index is 0.0877. The van der Waals surface area contributed by atoms with Gasteiger partial charge in [-0.3, -0.25) is 9.59 Å². The van der Waals surface area contributed by atoms with Gasteiger partial charge < -0.3 is 10.3 Å². The van der Waals surface area contributed by atoms with Gasteiger partial charge in [-0.1, -0.05) is 29.5 Å². The third-order valence-electron chi connectivity index (χ3n) is 4.15. The van der Waals surface area contributed by atoms with Crippen molar-refractivity contribution in [3.63, 3.8) is 0 Å². The van der Waals surface area contributed by atoms with E-state index in [1.165, 1.54) is 17.3 Å². The van der Waals surface area contributed by atoms with Crippen molar-refractivity contribution in [3.05, 3.63) is 50.4 Å². The molecule has 1 unspecified atom stereocenters. The van der Waals surface area contributed by atoms with Crippen molar-refractivity contribution in [1.82, 2.24) is 9.97 Å². The molecule has 0 fully saturated rings. The molecule has 1 amide bonds. The number of H-pyrrole nitrogens is 1. The Kier molecular flexibility index (Phi) is 5.24. The molecule has 2 aromatic rings. The lowest BCUT2D eigenvalue weighted by Gasteiger charge is -2.16. The summed E-state index contributed by atoms with van der Waals surface area (Å²) in [6.45, 7) is 7.84. The number of amides is 1. The Labute approximate surface area is 155 Å². The highest BCUT2D eigenvalue weighted by molar-refractivity contribution is 8.00. The summed E-state index contributed by atoms with van der Waals surface area (Å²) in [7, 11) is 0. The molecule has 3 rings (SSSR count). The molecule has 0 saturated heterocycles. The maximum Gasteiger partial charge on any atom is 0.255 e. The molecular formula is C18H21N3O2S2. The number of thioether (sulfide) groups is 2. The molecule has 7 heteroatoms. The maximum atomic E-state index is 12.6. The zero-order valence-electron chi connectivity index (χ0n) is 14.7. The molecule has 132 valence electrons. The summed E-state index contributed by atoms with van der Waals surface area (Å²) >= 11 is 2.96. The molecule has 1 aliphatic heterocycles. The van der Waals surface area contributed by atoms with E-state index < -0.39 is 0 Å². The number of nitrogens with one attached hydrogen (secondary N) is 2. The predicted octanol–water partition coefficient (Wildman–Crippen LogP) is 3.56. The van der Waals surface area contributed by atoms with E-state index in [0.29, 0.717) is 10.9 Å². The van der Waals surface area contributed by atoms with Gasteiger partial charge in [-0.2, -0.15) is 11.8 Å². The number of aromatic nitrogens is 2. The largest absolute Gasteiger partial charge is 0.325 e. The van der Waals surface area contributed by atoms with E-state index in [9.17, 15) is 9.59 Å². The van der Waals surface area contributed by atoms with Crippen LogP contribution in [0.15, 0.2) is 22.1 Å². The first-order valence-electron chi connectivity index (χ1n) is 8.10. The zero-order valence-corrected chi connectivity index (χ0v) is 16.4. The lowest BCUT2D eigenvalue weighted by Crippen LogP contribution is -2.24. The summed E-state index contributed by atoms with van der Waals surface area (Å²) in [5.74, 6) is 1.37. The van der Waals surface area contributed by atoms with Crippen LogP contribution >= 0.6 is 23.5 Å². The second-order valence-corrected chi connectivity index (χ2v) is 8.63. The standard InChI is InChI=1S/C18H21N3O2S2/c1-9-5-10(2)15(11(3)6-9)20-16(22)12(4)25-18-19-14-8-24-7-13(14)17(23)21-18/h5-6,12H,7-8H2,1-4H3,(H,20,22)(H,19,21,23). The van der Waals surface area contributed by atoms with Crippen LogP contribution in [0.1, 0.15) is 34.9 Å². The third-order valence-corrected chi connectivity index (χ3v) is 6.10. The molecule has 0 saturated carbocycles. The smallest absolute Gasteiger partial charge is 0.255 e. The van der Waals surface area contributed by atoms with E-state index in [-0.39, 0.29) is 16.7 Å². The van der Waals surface area contributed by atoms with Crippen LogP contribution in [0.2, 0.25) is 0 Å². The van der Waals surface area contributed by atoms with Crippen LogP contribution in [0.25, 0.3) is 0 Å². The first kappa shape index (κ1) is 18.1. The van der Waals surface area contributed by atoms with E-state index in [1.807, 2.05) is 27.7 Å². The van der Waals surface area contributed by atoms with Gasteiger partial charge in [0.1, 0.15) is 0 Å². The molecule has 2 N–H and O–H groups in total. The van der Waals surface area contributed by atoms with Crippen LogP contribution in [0.4, 0.5) is 5.69 Å². The number of carbonyl (C=O) groups excluding carboxylic acids is 1. The Bertz CT molecular complexity index is 869. The molecule has 2 heterocycles. The minimum atomic E-state index is -0.365. The number of aromatic amines is 1. The number of anilines is 1. The molecule has 0 radical (unpaired) electrons. The highest BCUT2D eigenvalue weighted by atomic mass is 32.2. The number of hydrogen-bond acceptors (Lipinski definition) is 5. The summed E-state index contributed by atoms with van der Waals surface area (Å²) in [5, 5.41) is 3.15. The van der Waals surface area contributed by atoms with Crippen molar-refractivity contribution >= 4 is 35.1 Å². The van der Waals surface area contributed by atoms with Crippen LogP contribution < -0.4 is 10.9 Å². The number of nitrogens with zero attached hydrogens (tertiary/aromatic N) is 1. The van der Waals surface area contributed by atoms with Gasteiger partial charge in [0, 0.05) is 22.8 Å². The minimum Gasteiger partial charge on any atom is -0.325 e. The van der Waals surface area contributed by atoms with Crippen molar-refractivity contribution in [2.24, 2.45) is 0 Å². The molecule has 1 aromatic heterocycles. The van der Waals surface area contributed by atoms with Gasteiger partial charge >= 0.3 is 0 Å². The van der Waals surface area contributed by atoms with E-state index >= 15 is 0 Å². The van der Waals surface area contributed by atoms with Gasteiger partial charge in [0.2, 0.25) is 5.91 Å². The Morgan fingerprint density at radius 1 is 1.28 bits per heavy atom. The number of benzene rings is 1. The SMILES string of the molecule is Cc1cc(C)c(NC(=O)C(C)Sc2nc3c(c(=O)[nH]2)CSC3)c(C)c1. The topological polar surface area (TPSA) is 74.8 Å². The Morgan fingerprint density at radius 3 is 2.64 bits per heavy atom. The zero-order chi connectivity index (χ0) is 18.1. The van der Waals surface area contributed by atoms with Crippen LogP contribution in [-0.2, 0) is 16.3 Å². The fourth-order valence-corrected chi connectivity index (χ4v) is 4.77. The summed E-state index contributed by atoms with van der Waals surface area (Å²) in [6.07, 6.45) is 0. The molecule has 0 bridgehead atoms. The van der Waals surface area contributed by atoms with Gasteiger partial charge in [0.25, 0.3) is 5.56 Å². The fraction of sp³-hybridized carbons (Fsp3) is 0.389. The summed E-state index contributed by atoms with van der Waals surface area (Å²) in [6, 6.07) is 4.11. The quantitative estimate of drug-likeness (QED) is 0.631. The molecule has 25 heavy (non-hydrogen) atoms. The van der Waals surface area contributed by atoms with Gasteiger partial charge in [0.15, 0.2) is 5.16 Å². The Morgan fingerprint density at radius 2 is 1.96 bits per heavy atom. The molecule has 1 atom stereocenters. The lowest BCUT2D eigenvalue weighted by atomic mass is 10.1. The fourth-order valence-electron chi connectivity index (χ4n) is 2.92. The molecule has 0 aliphatic carbocycles. The highest BCUT2D eigenvalue weighted by Crippen LogP contribution is 2.28. The average molecular weight is 376 g/mol. The van der Waals surface area contributed by atoms with Crippen LogP contribution in [-0.4, -0.2) is 21.1 Å². The van der Waals surface area contributed by atoms with E-state index in [1.54, 1.807) is 11.8 Å². The predicted molar refractivity (Wildman–Crippen MR) is 104 cm³/mol. The summed E-state index contributed by atoms with van der Waals surface area (Å²) in [5.41, 5.74) is 5.64. The lowest BCUT2D eigenvalue weighted by molar-refractivity contribution is -0.115. The molecule has 1 aromatic carbocycles. The average Bonchev–Trinajstić information content (AvgIpc) is 2.99. The maximum absolute atomic E-state index is 12.6. The molecule has 1 aliphatic rings. The second-order valence-electron chi connectivity index (χ2n) is 6.31. The third kappa shape index (κ3) is 3.93. The molecule has 5 nitrogen and oxygen atoms in total. The van der Waals surface area contributed by atoms with Crippen molar-refractivity contribution in [2.45, 2.75) is 49.6 Å². The van der Waals surface area contributed by atoms with Crippen molar-refractivity contribution in [2.75, 3.05) is 5.32 Å². The van der Waals surface area contributed by atoms with Crippen molar-refractivity contribution in [3.8, 4) is 0 Å². The number of carbonyl (C=O) groups is 1.